The minimum atomic E-state index is 0.549. The predicted octanol–water partition coefficient (Wildman–Crippen LogP) is 2.91. The average molecular weight is 280 g/mol. The van der Waals surface area contributed by atoms with Crippen molar-refractivity contribution in [2.24, 2.45) is 0 Å². The molecule has 0 aliphatic heterocycles. The molecule has 1 heterocycles. The van der Waals surface area contributed by atoms with Gasteiger partial charge >= 0.3 is 0 Å². The molecule has 106 valence electrons. The molecule has 0 atom stereocenters. The smallest absolute Gasteiger partial charge is 0.243 e. The van der Waals surface area contributed by atoms with Gasteiger partial charge in [-0.3, -0.25) is 0 Å². The van der Waals surface area contributed by atoms with Gasteiger partial charge in [-0.25, -0.2) is 4.98 Å². The second kappa shape index (κ2) is 6.65. The number of benzene rings is 2. The van der Waals surface area contributed by atoms with Gasteiger partial charge in [0.15, 0.2) is 0 Å². The van der Waals surface area contributed by atoms with Crippen LogP contribution in [0.25, 0.3) is 11.0 Å². The van der Waals surface area contributed by atoms with Crippen molar-refractivity contribution in [3.8, 4) is 5.75 Å². The Morgan fingerprint density at radius 1 is 0.857 bits per heavy atom. The Morgan fingerprint density at radius 2 is 1.62 bits per heavy atom. The van der Waals surface area contributed by atoms with Crippen molar-refractivity contribution in [3.63, 3.8) is 0 Å². The van der Waals surface area contributed by atoms with Gasteiger partial charge in [0.2, 0.25) is 5.95 Å². The van der Waals surface area contributed by atoms with E-state index in [2.05, 4.69) is 20.5 Å². The van der Waals surface area contributed by atoms with E-state index in [1.807, 2.05) is 54.6 Å². The third kappa shape index (κ3) is 3.66. The molecule has 0 spiro atoms. The van der Waals surface area contributed by atoms with E-state index >= 15 is 0 Å². The Morgan fingerprint density at radius 3 is 2.48 bits per heavy atom. The number of hydrogen-bond donors (Lipinski definition) is 1. The maximum Gasteiger partial charge on any atom is 0.243 e. The number of hydrogen-bond acceptors (Lipinski definition) is 5. The Hall–Kier alpha value is -2.69. The van der Waals surface area contributed by atoms with E-state index in [1.165, 1.54) is 0 Å². The first-order chi connectivity index (χ1) is 10.4. The van der Waals surface area contributed by atoms with Crippen LogP contribution in [0.1, 0.15) is 6.42 Å². The van der Waals surface area contributed by atoms with Gasteiger partial charge in [-0.05, 0) is 30.7 Å². The zero-order valence-electron chi connectivity index (χ0n) is 11.6. The van der Waals surface area contributed by atoms with Gasteiger partial charge in [0, 0.05) is 6.54 Å². The molecule has 1 N–H and O–H groups in total. The largest absolute Gasteiger partial charge is 0.494 e. The lowest BCUT2D eigenvalue weighted by molar-refractivity contribution is 0.315. The van der Waals surface area contributed by atoms with E-state index in [1.54, 1.807) is 0 Å². The molecule has 0 radical (unpaired) electrons. The fourth-order valence-corrected chi connectivity index (χ4v) is 1.93. The third-order valence-electron chi connectivity index (χ3n) is 2.98. The van der Waals surface area contributed by atoms with E-state index in [0.29, 0.717) is 12.6 Å². The molecule has 0 saturated heterocycles. The quantitative estimate of drug-likeness (QED) is 0.703. The van der Waals surface area contributed by atoms with Crippen molar-refractivity contribution < 1.29 is 4.74 Å². The first-order valence-corrected chi connectivity index (χ1v) is 6.93. The van der Waals surface area contributed by atoms with Crippen molar-refractivity contribution in [3.05, 3.63) is 54.6 Å². The summed E-state index contributed by atoms with van der Waals surface area (Å²) in [4.78, 5) is 4.41. The molecule has 0 amide bonds. The monoisotopic (exact) mass is 280 g/mol. The van der Waals surface area contributed by atoms with Crippen molar-refractivity contribution in [1.82, 2.24) is 15.2 Å². The highest BCUT2D eigenvalue weighted by atomic mass is 16.5. The lowest BCUT2D eigenvalue weighted by atomic mass is 10.3. The van der Waals surface area contributed by atoms with Crippen LogP contribution < -0.4 is 10.1 Å². The van der Waals surface area contributed by atoms with Gasteiger partial charge in [-0.15, -0.1) is 10.2 Å². The van der Waals surface area contributed by atoms with Gasteiger partial charge in [0.05, 0.1) is 12.1 Å². The molecular formula is C16H16N4O. The summed E-state index contributed by atoms with van der Waals surface area (Å²) in [6.45, 7) is 1.39. The summed E-state index contributed by atoms with van der Waals surface area (Å²) in [5, 5.41) is 11.3. The number of anilines is 1. The maximum atomic E-state index is 5.62. The standard InChI is InChI=1S/C16H16N4O/c1-2-7-13(8-3-1)21-12-6-11-17-16-18-14-9-4-5-10-15(14)19-20-16/h1-5,7-10H,6,11-12H2,(H,17,18,20). The van der Waals surface area contributed by atoms with E-state index in [4.69, 9.17) is 4.74 Å². The number of ether oxygens (including phenoxy) is 1. The van der Waals surface area contributed by atoms with Crippen LogP contribution in [-0.2, 0) is 0 Å². The number of para-hydroxylation sites is 2. The van der Waals surface area contributed by atoms with E-state index < -0.39 is 0 Å². The summed E-state index contributed by atoms with van der Waals surface area (Å²) in [6.07, 6.45) is 0.866. The molecule has 0 bridgehead atoms. The van der Waals surface area contributed by atoms with Crippen LogP contribution in [0.3, 0.4) is 0 Å². The van der Waals surface area contributed by atoms with Crippen molar-refractivity contribution in [1.29, 1.82) is 0 Å². The normalized spacial score (nSPS) is 10.5. The highest BCUT2D eigenvalue weighted by Crippen LogP contribution is 2.10. The van der Waals surface area contributed by atoms with Gasteiger partial charge in [0.1, 0.15) is 11.3 Å². The summed E-state index contributed by atoms with van der Waals surface area (Å²) in [5.74, 6) is 1.44. The van der Waals surface area contributed by atoms with E-state index in [9.17, 15) is 0 Å². The minimum absolute atomic E-state index is 0.549. The molecule has 2 aromatic carbocycles. The SMILES string of the molecule is c1ccc(OCCCNc2nnc3ccccc3n2)cc1. The fraction of sp³-hybridized carbons (Fsp3) is 0.188. The summed E-state index contributed by atoms with van der Waals surface area (Å²) in [6, 6.07) is 17.5. The van der Waals surface area contributed by atoms with Crippen LogP contribution in [0.4, 0.5) is 5.95 Å². The molecule has 1 aromatic heterocycles. The number of nitrogens with one attached hydrogen (secondary N) is 1. The van der Waals surface area contributed by atoms with E-state index in [0.717, 1.165) is 29.7 Å². The first kappa shape index (κ1) is 13.3. The van der Waals surface area contributed by atoms with Gasteiger partial charge in [0.25, 0.3) is 0 Å². The Bertz CT molecular complexity index is 703. The summed E-state index contributed by atoms with van der Waals surface area (Å²) < 4.78 is 5.62. The molecule has 3 aromatic rings. The number of nitrogens with zero attached hydrogens (tertiary/aromatic N) is 3. The molecule has 0 aliphatic rings. The molecule has 0 saturated carbocycles. The topological polar surface area (TPSA) is 59.9 Å². The molecule has 5 heteroatoms. The Kier molecular flexibility index (Phi) is 4.21. The molecule has 0 fully saturated rings. The van der Waals surface area contributed by atoms with Crippen LogP contribution in [0, 0.1) is 0 Å². The van der Waals surface area contributed by atoms with Crippen LogP contribution in [0.5, 0.6) is 5.75 Å². The fourth-order valence-electron chi connectivity index (χ4n) is 1.93. The van der Waals surface area contributed by atoms with Crippen molar-refractivity contribution >= 4 is 17.0 Å². The average Bonchev–Trinajstić information content (AvgIpc) is 2.55. The second-order valence-electron chi connectivity index (χ2n) is 4.57. The van der Waals surface area contributed by atoms with Crippen molar-refractivity contribution in [2.45, 2.75) is 6.42 Å². The third-order valence-corrected chi connectivity index (χ3v) is 2.98. The summed E-state index contributed by atoms with van der Waals surface area (Å²) >= 11 is 0. The molecule has 0 aliphatic carbocycles. The molecule has 3 rings (SSSR count). The molecule has 21 heavy (non-hydrogen) atoms. The highest BCUT2D eigenvalue weighted by Gasteiger charge is 2.00. The molecule has 0 unspecified atom stereocenters. The lowest BCUT2D eigenvalue weighted by Crippen LogP contribution is -2.10. The number of fused-ring (bicyclic) bond motifs is 1. The van der Waals surface area contributed by atoms with Gasteiger partial charge in [-0.1, -0.05) is 30.3 Å². The van der Waals surface area contributed by atoms with Gasteiger partial charge < -0.3 is 10.1 Å². The second-order valence-corrected chi connectivity index (χ2v) is 4.57. The van der Waals surface area contributed by atoms with Crippen molar-refractivity contribution in [2.75, 3.05) is 18.5 Å². The minimum Gasteiger partial charge on any atom is -0.494 e. The summed E-state index contributed by atoms with van der Waals surface area (Å²) in [7, 11) is 0. The lowest BCUT2D eigenvalue weighted by Gasteiger charge is -2.07. The Balaban J connectivity index is 1.46. The van der Waals surface area contributed by atoms with Crippen LogP contribution in [0.2, 0.25) is 0 Å². The molecular weight excluding hydrogens is 264 g/mol. The van der Waals surface area contributed by atoms with Crippen LogP contribution >= 0.6 is 0 Å². The first-order valence-electron chi connectivity index (χ1n) is 6.93. The number of rotatable bonds is 6. The predicted molar refractivity (Wildman–Crippen MR) is 82.4 cm³/mol. The summed E-state index contributed by atoms with van der Waals surface area (Å²) in [5.41, 5.74) is 1.64. The zero-order chi connectivity index (χ0) is 14.3. The highest BCUT2D eigenvalue weighted by molar-refractivity contribution is 5.73. The Labute approximate surface area is 123 Å². The zero-order valence-corrected chi connectivity index (χ0v) is 11.6. The number of aromatic nitrogens is 3. The van der Waals surface area contributed by atoms with E-state index in [-0.39, 0.29) is 0 Å². The van der Waals surface area contributed by atoms with Gasteiger partial charge in [-0.2, -0.15) is 0 Å². The molecule has 5 nitrogen and oxygen atoms in total. The van der Waals surface area contributed by atoms with Crippen LogP contribution in [-0.4, -0.2) is 28.3 Å². The van der Waals surface area contributed by atoms with Crippen LogP contribution in [0.15, 0.2) is 54.6 Å². The maximum absolute atomic E-state index is 5.62.